The van der Waals surface area contributed by atoms with Crippen LogP contribution < -0.4 is 5.32 Å². The molecule has 2 N–H and O–H groups in total. The van der Waals surface area contributed by atoms with Gasteiger partial charge in [0, 0.05) is 17.5 Å². The Morgan fingerprint density at radius 2 is 1.96 bits per heavy atom. The molecule has 0 fully saturated rings. The zero-order chi connectivity index (χ0) is 20.5. The zero-order valence-electron chi connectivity index (χ0n) is 16.3. The Morgan fingerprint density at radius 3 is 2.61 bits per heavy atom. The number of rotatable bonds is 6. The molecule has 0 atom stereocenters. The van der Waals surface area contributed by atoms with Crippen LogP contribution in [0.1, 0.15) is 41.2 Å². The molecule has 28 heavy (non-hydrogen) atoms. The van der Waals surface area contributed by atoms with Gasteiger partial charge in [-0.05, 0) is 51.5 Å². The quantitative estimate of drug-likeness (QED) is 0.684. The Kier molecular flexibility index (Phi) is 5.04. The number of carboxylic acids is 1. The fraction of sp³-hybridized carbons (Fsp3) is 0.300. The van der Waals surface area contributed by atoms with Crippen LogP contribution >= 0.6 is 0 Å². The second-order valence-corrected chi connectivity index (χ2v) is 7.28. The van der Waals surface area contributed by atoms with E-state index < -0.39 is 11.5 Å². The lowest BCUT2D eigenvalue weighted by atomic mass is 10.1. The van der Waals surface area contributed by atoms with Gasteiger partial charge < -0.3 is 10.4 Å². The lowest BCUT2D eigenvalue weighted by molar-refractivity contribution is -0.146. The molecule has 0 radical (unpaired) electrons. The van der Waals surface area contributed by atoms with Crippen LogP contribution in [0, 0.1) is 13.8 Å². The summed E-state index contributed by atoms with van der Waals surface area (Å²) in [6.07, 6.45) is 2.94. The van der Waals surface area contributed by atoms with Gasteiger partial charge in [-0.15, -0.1) is 0 Å². The maximum Gasteiger partial charge on any atom is 0.331 e. The number of carbonyl (C=O) groups excluding carboxylic acids is 1. The molecule has 0 saturated carbocycles. The molecular weight excluding hydrogens is 358 g/mol. The maximum atomic E-state index is 12.6. The highest BCUT2D eigenvalue weighted by molar-refractivity contribution is 6.04. The Labute approximate surface area is 162 Å². The van der Waals surface area contributed by atoms with E-state index in [-0.39, 0.29) is 5.91 Å². The van der Waals surface area contributed by atoms with Crippen molar-refractivity contribution in [2.75, 3.05) is 5.32 Å². The third kappa shape index (κ3) is 3.95. The molecule has 0 aliphatic rings. The van der Waals surface area contributed by atoms with E-state index in [0.29, 0.717) is 17.8 Å². The largest absolute Gasteiger partial charge is 0.479 e. The molecule has 146 valence electrons. The third-order valence-electron chi connectivity index (χ3n) is 4.56. The Hall–Kier alpha value is -3.42. The summed E-state index contributed by atoms with van der Waals surface area (Å²) in [5.41, 5.74) is 2.70. The summed E-state index contributed by atoms with van der Waals surface area (Å²) in [6.45, 7) is 7.59. The van der Waals surface area contributed by atoms with Gasteiger partial charge in [0.25, 0.3) is 5.91 Å². The number of nitrogens with zero attached hydrogens (tertiary/aromatic N) is 4. The number of aryl methyl sites for hydroxylation is 2. The van der Waals surface area contributed by atoms with Crippen LogP contribution in [0.4, 0.5) is 5.69 Å². The fourth-order valence-corrected chi connectivity index (χ4v) is 2.81. The molecule has 1 amide bonds. The number of hydrogen-bond donors (Lipinski definition) is 2. The first kappa shape index (κ1) is 19.3. The van der Waals surface area contributed by atoms with Crippen molar-refractivity contribution < 1.29 is 14.7 Å². The predicted molar refractivity (Wildman–Crippen MR) is 104 cm³/mol. The molecular formula is C20H23N5O3. The van der Waals surface area contributed by atoms with Crippen molar-refractivity contribution in [2.45, 2.75) is 39.8 Å². The normalized spacial score (nSPS) is 11.4. The minimum absolute atomic E-state index is 0.289. The van der Waals surface area contributed by atoms with Crippen molar-refractivity contribution in [2.24, 2.45) is 0 Å². The second kappa shape index (κ2) is 7.30. The second-order valence-electron chi connectivity index (χ2n) is 7.28. The minimum Gasteiger partial charge on any atom is -0.479 e. The van der Waals surface area contributed by atoms with E-state index in [1.165, 1.54) is 30.9 Å². The van der Waals surface area contributed by atoms with Gasteiger partial charge in [0.05, 0.1) is 24.1 Å². The number of aliphatic carboxylic acids is 1. The summed E-state index contributed by atoms with van der Waals surface area (Å²) in [6, 6.07) is 9.32. The smallest absolute Gasteiger partial charge is 0.331 e. The lowest BCUT2D eigenvalue weighted by Gasteiger charge is -2.19. The molecule has 2 heterocycles. The maximum absolute atomic E-state index is 12.6. The summed E-state index contributed by atoms with van der Waals surface area (Å²) in [5.74, 6) is -1.30. The summed E-state index contributed by atoms with van der Waals surface area (Å²) < 4.78 is 3.20. The molecule has 0 unspecified atom stereocenters. The molecule has 8 heteroatoms. The summed E-state index contributed by atoms with van der Waals surface area (Å²) >= 11 is 0. The van der Waals surface area contributed by atoms with E-state index in [9.17, 15) is 14.7 Å². The zero-order valence-corrected chi connectivity index (χ0v) is 16.3. The van der Waals surface area contributed by atoms with Crippen molar-refractivity contribution in [3.63, 3.8) is 0 Å². The average Bonchev–Trinajstić information content (AvgIpc) is 3.22. The van der Waals surface area contributed by atoms with Crippen LogP contribution in [-0.4, -0.2) is 36.5 Å². The number of anilines is 1. The summed E-state index contributed by atoms with van der Waals surface area (Å²) in [5, 5.41) is 20.5. The van der Waals surface area contributed by atoms with Crippen molar-refractivity contribution in [1.29, 1.82) is 0 Å². The Morgan fingerprint density at radius 1 is 1.21 bits per heavy atom. The van der Waals surface area contributed by atoms with E-state index >= 15 is 0 Å². The van der Waals surface area contributed by atoms with Gasteiger partial charge in [-0.3, -0.25) is 14.2 Å². The molecule has 0 saturated heterocycles. The molecule has 3 aromatic rings. The first-order valence-electron chi connectivity index (χ1n) is 8.86. The van der Waals surface area contributed by atoms with E-state index in [1.54, 1.807) is 6.07 Å². The van der Waals surface area contributed by atoms with Gasteiger partial charge >= 0.3 is 5.97 Å². The first-order chi connectivity index (χ1) is 13.2. The van der Waals surface area contributed by atoms with Gasteiger partial charge in [-0.25, -0.2) is 4.79 Å². The highest BCUT2D eigenvalue weighted by atomic mass is 16.4. The van der Waals surface area contributed by atoms with Crippen molar-refractivity contribution >= 4 is 17.6 Å². The molecule has 0 spiro atoms. The van der Waals surface area contributed by atoms with Crippen LogP contribution in [0.3, 0.4) is 0 Å². The van der Waals surface area contributed by atoms with E-state index in [2.05, 4.69) is 15.5 Å². The molecule has 0 aliphatic heterocycles. The summed E-state index contributed by atoms with van der Waals surface area (Å²) in [7, 11) is 0. The van der Waals surface area contributed by atoms with Crippen LogP contribution in [0.25, 0.3) is 0 Å². The molecule has 0 bridgehead atoms. The number of hydrogen-bond acceptors (Lipinski definition) is 4. The number of carboxylic acid groups (broad SMARTS) is 1. The lowest BCUT2D eigenvalue weighted by Crippen LogP contribution is -2.35. The Balaban J connectivity index is 1.74. The van der Waals surface area contributed by atoms with E-state index in [1.807, 2.05) is 42.8 Å². The van der Waals surface area contributed by atoms with Crippen LogP contribution in [0.2, 0.25) is 0 Å². The van der Waals surface area contributed by atoms with Crippen molar-refractivity contribution in [3.8, 4) is 0 Å². The topological polar surface area (TPSA) is 102 Å². The van der Waals surface area contributed by atoms with E-state index in [0.717, 1.165) is 17.0 Å². The molecule has 8 nitrogen and oxygen atoms in total. The van der Waals surface area contributed by atoms with Crippen LogP contribution in [0.15, 0.2) is 42.7 Å². The highest BCUT2D eigenvalue weighted by Gasteiger charge is 2.30. The highest BCUT2D eigenvalue weighted by Crippen LogP contribution is 2.18. The molecule has 0 aliphatic carbocycles. The number of carbonyl (C=O) groups is 2. The number of benzene rings is 1. The van der Waals surface area contributed by atoms with Crippen LogP contribution in [-0.2, 0) is 16.9 Å². The number of aromatic nitrogens is 4. The van der Waals surface area contributed by atoms with E-state index in [4.69, 9.17) is 0 Å². The Bertz CT molecular complexity index is 1030. The monoisotopic (exact) mass is 381 g/mol. The van der Waals surface area contributed by atoms with Gasteiger partial charge in [0.2, 0.25) is 0 Å². The molecule has 3 rings (SSSR count). The molecule has 1 aromatic carbocycles. The van der Waals surface area contributed by atoms with Crippen LogP contribution in [0.5, 0.6) is 0 Å². The number of nitrogens with one attached hydrogen (secondary N) is 1. The number of amides is 1. The van der Waals surface area contributed by atoms with Gasteiger partial charge in [-0.2, -0.15) is 10.2 Å². The van der Waals surface area contributed by atoms with Crippen molar-refractivity contribution in [1.82, 2.24) is 19.6 Å². The standard InChI is InChI=1S/C20H23N5O3/c1-13-8-14(2)24(23-13)11-15-6-5-7-16(9-15)18(26)22-17-10-21-25(12-17)20(3,4)19(27)28/h5-10,12H,11H2,1-4H3,(H,22,26)(H,27,28). The predicted octanol–water partition coefficient (Wildman–Crippen LogP) is 2.82. The SMILES string of the molecule is Cc1cc(C)n(Cc2cccc(C(=O)Nc3cnn(C(C)(C)C(=O)O)c3)c2)n1. The van der Waals surface area contributed by atoms with Crippen molar-refractivity contribution in [3.05, 3.63) is 65.2 Å². The first-order valence-corrected chi connectivity index (χ1v) is 8.86. The van der Waals surface area contributed by atoms with Gasteiger partial charge in [-0.1, -0.05) is 12.1 Å². The fourth-order valence-electron chi connectivity index (χ4n) is 2.81. The van der Waals surface area contributed by atoms with Gasteiger partial charge in [0.1, 0.15) is 0 Å². The average molecular weight is 381 g/mol. The third-order valence-corrected chi connectivity index (χ3v) is 4.56. The molecule has 2 aromatic heterocycles. The minimum atomic E-state index is -1.21. The summed E-state index contributed by atoms with van der Waals surface area (Å²) in [4.78, 5) is 23.9. The van der Waals surface area contributed by atoms with Gasteiger partial charge in [0.15, 0.2) is 5.54 Å².